The van der Waals surface area contributed by atoms with Crippen LogP contribution in [0.4, 0.5) is 0 Å². The molecule has 0 bridgehead atoms. The molecule has 1 fully saturated rings. The van der Waals surface area contributed by atoms with E-state index in [1.807, 2.05) is 0 Å². The van der Waals surface area contributed by atoms with Crippen LogP contribution in [0.5, 0.6) is 0 Å². The summed E-state index contributed by atoms with van der Waals surface area (Å²) in [6.45, 7) is 1.67. The maximum Gasteiger partial charge on any atom is 0.107 e. The van der Waals surface area contributed by atoms with E-state index in [0.717, 1.165) is 0 Å². The van der Waals surface area contributed by atoms with Crippen molar-refractivity contribution in [2.45, 2.75) is 25.0 Å². The molecule has 2 unspecified atom stereocenters. The second-order valence-corrected chi connectivity index (χ2v) is 2.79. The van der Waals surface area contributed by atoms with Gasteiger partial charge in [-0.3, -0.25) is 0 Å². The van der Waals surface area contributed by atoms with Crippen molar-refractivity contribution in [3.63, 3.8) is 0 Å². The van der Waals surface area contributed by atoms with E-state index in [9.17, 15) is 5.11 Å². The molecular weight excluding hydrogens is 156 g/mol. The van der Waals surface area contributed by atoms with E-state index in [0.29, 0.717) is 32.7 Å². The first-order valence-corrected chi connectivity index (χ1v) is 4.15. The molecule has 0 aromatic heterocycles. The maximum absolute atomic E-state index is 9.50. The summed E-state index contributed by atoms with van der Waals surface area (Å²) in [5.74, 6) is 2.48. The van der Waals surface area contributed by atoms with Gasteiger partial charge in [-0.1, -0.05) is 0 Å². The molecule has 3 nitrogen and oxygen atoms in total. The average Bonchev–Trinajstić information content (AvgIpc) is 2.15. The number of aliphatic hydroxyl groups is 1. The van der Waals surface area contributed by atoms with Crippen LogP contribution in [-0.2, 0) is 9.47 Å². The lowest BCUT2D eigenvalue weighted by Gasteiger charge is -2.26. The highest BCUT2D eigenvalue weighted by Gasteiger charge is 2.22. The molecule has 2 atom stereocenters. The van der Waals surface area contributed by atoms with Crippen LogP contribution >= 0.6 is 0 Å². The van der Waals surface area contributed by atoms with Crippen LogP contribution < -0.4 is 0 Å². The Bertz CT molecular complexity index is 156. The summed E-state index contributed by atoms with van der Waals surface area (Å²) < 4.78 is 10.4. The van der Waals surface area contributed by atoms with Crippen molar-refractivity contribution in [2.75, 3.05) is 19.8 Å². The van der Waals surface area contributed by atoms with Crippen molar-refractivity contribution in [1.82, 2.24) is 0 Å². The first kappa shape index (κ1) is 9.53. The Hall–Kier alpha value is -0.560. The molecular formula is C9H14O3. The number of hydrogen-bond donors (Lipinski definition) is 1. The lowest BCUT2D eigenvalue weighted by molar-refractivity contribution is -0.132. The Morgan fingerprint density at radius 2 is 2.42 bits per heavy atom. The topological polar surface area (TPSA) is 38.7 Å². The highest BCUT2D eigenvalue weighted by Crippen LogP contribution is 2.09. The SMILES string of the molecule is C#CCCC(O)C1COCCO1. The fourth-order valence-corrected chi connectivity index (χ4v) is 1.15. The van der Waals surface area contributed by atoms with Gasteiger partial charge in [0.25, 0.3) is 0 Å². The highest BCUT2D eigenvalue weighted by atomic mass is 16.6. The summed E-state index contributed by atoms with van der Waals surface area (Å²) >= 11 is 0. The standard InChI is InChI=1S/C9H14O3/c1-2-3-4-8(10)9-7-11-5-6-12-9/h1,8-10H,3-7H2. The van der Waals surface area contributed by atoms with Crippen LogP contribution in [0.2, 0.25) is 0 Å². The third-order valence-corrected chi connectivity index (χ3v) is 1.86. The van der Waals surface area contributed by atoms with Gasteiger partial charge in [0.2, 0.25) is 0 Å². The molecule has 1 rings (SSSR count). The summed E-state index contributed by atoms with van der Waals surface area (Å²) in [6, 6.07) is 0. The Kier molecular flexibility index (Phi) is 4.09. The number of hydrogen-bond acceptors (Lipinski definition) is 3. The first-order chi connectivity index (χ1) is 5.84. The van der Waals surface area contributed by atoms with E-state index in [-0.39, 0.29) is 6.10 Å². The molecule has 0 aromatic rings. The fourth-order valence-electron chi connectivity index (χ4n) is 1.15. The molecule has 3 heteroatoms. The van der Waals surface area contributed by atoms with Crippen molar-refractivity contribution >= 4 is 0 Å². The van der Waals surface area contributed by atoms with Crippen molar-refractivity contribution in [2.24, 2.45) is 0 Å². The molecule has 1 N–H and O–H groups in total. The van der Waals surface area contributed by atoms with Gasteiger partial charge in [-0.05, 0) is 6.42 Å². The van der Waals surface area contributed by atoms with Crippen molar-refractivity contribution in [1.29, 1.82) is 0 Å². The zero-order chi connectivity index (χ0) is 8.81. The predicted molar refractivity (Wildman–Crippen MR) is 44.6 cm³/mol. The maximum atomic E-state index is 9.50. The molecule has 1 aliphatic heterocycles. The van der Waals surface area contributed by atoms with E-state index >= 15 is 0 Å². The summed E-state index contributed by atoms with van der Waals surface area (Å²) in [5, 5.41) is 9.50. The van der Waals surface area contributed by atoms with Gasteiger partial charge >= 0.3 is 0 Å². The van der Waals surface area contributed by atoms with Gasteiger partial charge in [-0.15, -0.1) is 12.3 Å². The Balaban J connectivity index is 2.21. The normalized spacial score (nSPS) is 26.2. The quantitative estimate of drug-likeness (QED) is 0.614. The molecule has 0 radical (unpaired) electrons. The number of aliphatic hydroxyl groups excluding tert-OH is 1. The average molecular weight is 170 g/mol. The third kappa shape index (κ3) is 2.82. The molecule has 1 heterocycles. The second-order valence-electron chi connectivity index (χ2n) is 2.79. The van der Waals surface area contributed by atoms with Gasteiger partial charge in [0, 0.05) is 6.42 Å². The van der Waals surface area contributed by atoms with Gasteiger partial charge in [-0.2, -0.15) is 0 Å². The zero-order valence-corrected chi connectivity index (χ0v) is 7.03. The molecule has 0 spiro atoms. The van der Waals surface area contributed by atoms with E-state index in [4.69, 9.17) is 15.9 Å². The Morgan fingerprint density at radius 1 is 1.58 bits per heavy atom. The summed E-state index contributed by atoms with van der Waals surface area (Å²) in [7, 11) is 0. The molecule has 1 aliphatic rings. The first-order valence-electron chi connectivity index (χ1n) is 4.15. The van der Waals surface area contributed by atoms with Gasteiger partial charge in [0.05, 0.1) is 25.9 Å². The van der Waals surface area contributed by atoms with Crippen LogP contribution in [0.1, 0.15) is 12.8 Å². The van der Waals surface area contributed by atoms with E-state index in [1.54, 1.807) is 0 Å². The minimum atomic E-state index is -0.485. The number of terminal acetylenes is 1. The van der Waals surface area contributed by atoms with E-state index < -0.39 is 6.10 Å². The molecule has 0 saturated carbocycles. The van der Waals surface area contributed by atoms with Gasteiger partial charge in [-0.25, -0.2) is 0 Å². The molecule has 1 saturated heterocycles. The molecule has 12 heavy (non-hydrogen) atoms. The molecule has 0 aromatic carbocycles. The van der Waals surface area contributed by atoms with E-state index in [2.05, 4.69) is 5.92 Å². The van der Waals surface area contributed by atoms with Crippen LogP contribution in [0.3, 0.4) is 0 Å². The number of rotatable bonds is 3. The van der Waals surface area contributed by atoms with Crippen LogP contribution in [0.25, 0.3) is 0 Å². The minimum Gasteiger partial charge on any atom is -0.390 e. The summed E-state index contributed by atoms with van der Waals surface area (Å²) in [4.78, 5) is 0. The monoisotopic (exact) mass is 170 g/mol. The third-order valence-electron chi connectivity index (χ3n) is 1.86. The van der Waals surface area contributed by atoms with Gasteiger partial charge in [0.1, 0.15) is 6.10 Å². The molecule has 68 valence electrons. The van der Waals surface area contributed by atoms with Crippen LogP contribution in [0, 0.1) is 12.3 Å². The van der Waals surface area contributed by atoms with Crippen molar-refractivity contribution in [3.8, 4) is 12.3 Å². The largest absolute Gasteiger partial charge is 0.390 e. The van der Waals surface area contributed by atoms with Gasteiger partial charge in [0.15, 0.2) is 0 Å². The smallest absolute Gasteiger partial charge is 0.107 e. The lowest BCUT2D eigenvalue weighted by Crippen LogP contribution is -2.38. The minimum absolute atomic E-state index is 0.188. The predicted octanol–water partition coefficient (Wildman–Crippen LogP) is 0.176. The van der Waals surface area contributed by atoms with E-state index in [1.165, 1.54) is 0 Å². The Morgan fingerprint density at radius 3 is 3.00 bits per heavy atom. The van der Waals surface area contributed by atoms with Gasteiger partial charge < -0.3 is 14.6 Å². The molecule has 0 aliphatic carbocycles. The van der Waals surface area contributed by atoms with Crippen molar-refractivity contribution in [3.05, 3.63) is 0 Å². The summed E-state index contributed by atoms with van der Waals surface area (Å²) in [6.07, 6.45) is 5.57. The zero-order valence-electron chi connectivity index (χ0n) is 7.03. The highest BCUT2D eigenvalue weighted by molar-refractivity contribution is 4.85. The Labute approximate surface area is 72.7 Å². The summed E-state index contributed by atoms with van der Waals surface area (Å²) in [5.41, 5.74) is 0. The van der Waals surface area contributed by atoms with Crippen LogP contribution in [0.15, 0.2) is 0 Å². The van der Waals surface area contributed by atoms with Crippen molar-refractivity contribution < 1.29 is 14.6 Å². The molecule has 0 amide bonds. The fraction of sp³-hybridized carbons (Fsp3) is 0.778. The number of ether oxygens (including phenoxy) is 2. The van der Waals surface area contributed by atoms with Crippen LogP contribution in [-0.4, -0.2) is 37.1 Å². The lowest BCUT2D eigenvalue weighted by atomic mass is 10.1. The second kappa shape index (κ2) is 5.15.